The Morgan fingerprint density at radius 1 is 0.976 bits per heavy atom. The standard InChI is InChI=1S/C30H22N4O5S3/c1-16-24(31-29(37)38-15-17-5-3-2-4-6-17)25(42-34-16)23-14-22-21(41-23)13-20(40-22)18-7-9-19(10-8-18)26-32-33-27(39-26)30(11-12-30)28(35)36/h2-10,13-14H,11-12,15H2,1H3,(H,31,37)(H,35,36). The van der Waals surface area contributed by atoms with Crippen LogP contribution in [-0.4, -0.2) is 31.7 Å². The Morgan fingerprint density at radius 2 is 1.67 bits per heavy atom. The van der Waals surface area contributed by atoms with E-state index in [4.69, 9.17) is 9.15 Å². The van der Waals surface area contributed by atoms with Gasteiger partial charge in [-0.15, -0.1) is 32.9 Å². The molecule has 210 valence electrons. The molecule has 0 atom stereocenters. The number of nitrogens with one attached hydrogen (secondary N) is 1. The van der Waals surface area contributed by atoms with Gasteiger partial charge in [0, 0.05) is 19.8 Å². The number of amides is 1. The van der Waals surface area contributed by atoms with Crippen LogP contribution in [0.4, 0.5) is 10.5 Å². The molecule has 2 aromatic carbocycles. The number of anilines is 1. The van der Waals surface area contributed by atoms with Crippen molar-refractivity contribution in [3.05, 3.63) is 83.9 Å². The lowest BCUT2D eigenvalue weighted by molar-refractivity contribution is -0.140. The van der Waals surface area contributed by atoms with Crippen LogP contribution < -0.4 is 5.32 Å². The smallest absolute Gasteiger partial charge is 0.412 e. The SMILES string of the molecule is Cc1nsc(-c2cc3sc(-c4ccc(-c5nnc(C6(C(=O)O)CC6)o5)cc4)cc3s2)c1NC(=O)OCc1ccccc1. The molecular weight excluding hydrogens is 593 g/mol. The van der Waals surface area contributed by atoms with E-state index < -0.39 is 17.5 Å². The number of aryl methyl sites for hydroxylation is 1. The van der Waals surface area contributed by atoms with Crippen molar-refractivity contribution >= 4 is 61.4 Å². The average molecular weight is 615 g/mol. The number of hydrogen-bond donors (Lipinski definition) is 2. The number of benzene rings is 2. The minimum atomic E-state index is -1.02. The van der Waals surface area contributed by atoms with Gasteiger partial charge in [-0.1, -0.05) is 42.5 Å². The van der Waals surface area contributed by atoms with Crippen LogP contribution in [-0.2, 0) is 21.6 Å². The van der Waals surface area contributed by atoms with Crippen molar-refractivity contribution in [3.63, 3.8) is 0 Å². The number of nitrogens with zero attached hydrogens (tertiary/aromatic N) is 3. The van der Waals surface area contributed by atoms with Gasteiger partial charge in [-0.25, -0.2) is 4.79 Å². The summed E-state index contributed by atoms with van der Waals surface area (Å²) in [6, 6.07) is 21.6. The number of thiophene rings is 2. The number of ether oxygens (including phenoxy) is 1. The first-order valence-electron chi connectivity index (χ1n) is 13.1. The summed E-state index contributed by atoms with van der Waals surface area (Å²) in [6.07, 6.45) is 0.516. The zero-order valence-electron chi connectivity index (χ0n) is 22.1. The number of carbonyl (C=O) groups is 2. The highest BCUT2D eigenvalue weighted by Crippen LogP contribution is 2.48. The molecule has 0 radical (unpaired) electrons. The van der Waals surface area contributed by atoms with Crippen molar-refractivity contribution in [3.8, 4) is 31.6 Å². The highest BCUT2D eigenvalue weighted by molar-refractivity contribution is 7.32. The van der Waals surface area contributed by atoms with Crippen molar-refractivity contribution < 1.29 is 23.8 Å². The van der Waals surface area contributed by atoms with Crippen LogP contribution >= 0.6 is 34.2 Å². The van der Waals surface area contributed by atoms with E-state index in [0.29, 0.717) is 24.4 Å². The fraction of sp³-hybridized carbons (Fsp3) is 0.167. The highest BCUT2D eigenvalue weighted by Gasteiger charge is 2.56. The number of carbonyl (C=O) groups excluding carboxylic acids is 1. The molecule has 1 aliphatic carbocycles. The number of fused-ring (bicyclic) bond motifs is 1. The number of carboxylic acid groups (broad SMARTS) is 1. The molecule has 9 nitrogen and oxygen atoms in total. The Labute approximate surface area is 251 Å². The van der Waals surface area contributed by atoms with Gasteiger partial charge in [-0.2, -0.15) is 4.37 Å². The van der Waals surface area contributed by atoms with Crippen molar-refractivity contribution in [2.75, 3.05) is 5.32 Å². The Morgan fingerprint density at radius 3 is 2.38 bits per heavy atom. The second-order valence-electron chi connectivity index (χ2n) is 9.99. The normalized spacial score (nSPS) is 13.7. The van der Waals surface area contributed by atoms with E-state index in [2.05, 4.69) is 32.0 Å². The predicted molar refractivity (Wildman–Crippen MR) is 163 cm³/mol. The predicted octanol–water partition coefficient (Wildman–Crippen LogP) is 7.98. The molecule has 2 N–H and O–H groups in total. The Bertz CT molecular complexity index is 1900. The number of carboxylic acids is 1. The van der Waals surface area contributed by atoms with Crippen molar-refractivity contribution in [1.82, 2.24) is 14.6 Å². The second-order valence-corrected chi connectivity index (χ2v) is 12.9. The summed E-state index contributed by atoms with van der Waals surface area (Å²) in [5.41, 5.74) is 3.10. The maximum absolute atomic E-state index is 12.5. The summed E-state index contributed by atoms with van der Waals surface area (Å²) >= 11 is 4.69. The van der Waals surface area contributed by atoms with Gasteiger partial charge < -0.3 is 14.3 Å². The molecule has 0 aliphatic heterocycles. The maximum Gasteiger partial charge on any atom is 0.412 e. The van der Waals surface area contributed by atoms with Gasteiger partial charge >= 0.3 is 12.1 Å². The van der Waals surface area contributed by atoms with Crippen molar-refractivity contribution in [2.45, 2.75) is 31.8 Å². The second kappa shape index (κ2) is 10.5. The zero-order chi connectivity index (χ0) is 28.8. The van der Waals surface area contributed by atoms with Crippen molar-refractivity contribution in [1.29, 1.82) is 0 Å². The first-order chi connectivity index (χ1) is 20.4. The minimum absolute atomic E-state index is 0.168. The molecule has 12 heteroatoms. The van der Waals surface area contributed by atoms with E-state index in [1.807, 2.05) is 61.5 Å². The van der Waals surface area contributed by atoms with E-state index in [1.165, 1.54) is 11.5 Å². The minimum Gasteiger partial charge on any atom is -0.480 e. The van der Waals surface area contributed by atoms with Crippen LogP contribution in [0.3, 0.4) is 0 Å². The van der Waals surface area contributed by atoms with E-state index in [9.17, 15) is 14.7 Å². The summed E-state index contributed by atoms with van der Waals surface area (Å²) in [5, 5.41) is 20.4. The summed E-state index contributed by atoms with van der Waals surface area (Å²) in [4.78, 5) is 27.2. The summed E-state index contributed by atoms with van der Waals surface area (Å²) < 4.78 is 17.9. The van der Waals surface area contributed by atoms with E-state index in [1.54, 1.807) is 22.7 Å². The lowest BCUT2D eigenvalue weighted by Gasteiger charge is -2.08. The third kappa shape index (κ3) is 4.87. The Kier molecular flexibility index (Phi) is 6.60. The number of aromatic nitrogens is 3. The molecule has 1 amide bonds. The lowest BCUT2D eigenvalue weighted by Crippen LogP contribution is -2.19. The molecule has 0 bridgehead atoms. The fourth-order valence-corrected chi connectivity index (χ4v) is 7.93. The van der Waals surface area contributed by atoms with Crippen LogP contribution in [0.15, 0.2) is 71.1 Å². The molecular formula is C30H22N4O5S3. The Hall–Kier alpha value is -4.39. The molecule has 6 aromatic rings. The molecule has 4 heterocycles. The molecule has 1 saturated carbocycles. The van der Waals surface area contributed by atoms with Gasteiger partial charge in [0.25, 0.3) is 0 Å². The van der Waals surface area contributed by atoms with Crippen LogP contribution in [0.25, 0.3) is 41.0 Å². The van der Waals surface area contributed by atoms with Gasteiger partial charge in [-0.05, 0) is 66.7 Å². The number of rotatable bonds is 8. The van der Waals surface area contributed by atoms with E-state index in [0.717, 1.165) is 46.4 Å². The van der Waals surface area contributed by atoms with Gasteiger partial charge in [0.2, 0.25) is 11.8 Å². The summed E-state index contributed by atoms with van der Waals surface area (Å²) in [5.74, 6) is -0.441. The topological polar surface area (TPSA) is 127 Å². The summed E-state index contributed by atoms with van der Waals surface area (Å²) in [7, 11) is 0. The lowest BCUT2D eigenvalue weighted by atomic mass is 10.1. The van der Waals surface area contributed by atoms with Gasteiger partial charge in [0.1, 0.15) is 12.0 Å². The van der Waals surface area contributed by atoms with Crippen LogP contribution in [0.2, 0.25) is 0 Å². The molecule has 42 heavy (non-hydrogen) atoms. The van der Waals surface area contributed by atoms with Crippen LogP contribution in [0.5, 0.6) is 0 Å². The monoisotopic (exact) mass is 614 g/mol. The third-order valence-electron chi connectivity index (χ3n) is 7.14. The average Bonchev–Trinajstić information content (AvgIpc) is 3.30. The molecule has 4 aromatic heterocycles. The molecule has 1 aliphatic rings. The third-order valence-corrected chi connectivity index (χ3v) is 10.6. The van der Waals surface area contributed by atoms with Crippen molar-refractivity contribution in [2.24, 2.45) is 0 Å². The maximum atomic E-state index is 12.5. The number of aliphatic carboxylic acids is 1. The largest absolute Gasteiger partial charge is 0.480 e. The first kappa shape index (κ1) is 26.5. The van der Waals surface area contributed by atoms with Crippen LogP contribution in [0, 0.1) is 6.92 Å². The van der Waals surface area contributed by atoms with E-state index in [-0.39, 0.29) is 12.5 Å². The first-order valence-corrected chi connectivity index (χ1v) is 15.5. The number of hydrogen-bond acceptors (Lipinski definition) is 10. The van der Waals surface area contributed by atoms with Gasteiger partial charge in [0.15, 0.2) is 0 Å². The quantitative estimate of drug-likeness (QED) is 0.177. The highest BCUT2D eigenvalue weighted by atomic mass is 32.1. The van der Waals surface area contributed by atoms with Crippen LogP contribution in [0.1, 0.15) is 30.0 Å². The molecule has 0 saturated heterocycles. The molecule has 0 spiro atoms. The Balaban J connectivity index is 1.06. The molecule has 7 rings (SSSR count). The van der Waals surface area contributed by atoms with Gasteiger partial charge in [0.05, 0.1) is 21.1 Å². The fourth-order valence-electron chi connectivity index (χ4n) is 4.59. The molecule has 0 unspecified atom stereocenters. The molecule has 1 fully saturated rings. The van der Waals surface area contributed by atoms with E-state index >= 15 is 0 Å². The summed E-state index contributed by atoms with van der Waals surface area (Å²) in [6.45, 7) is 2.06. The van der Waals surface area contributed by atoms with Gasteiger partial charge in [-0.3, -0.25) is 10.1 Å². The zero-order valence-corrected chi connectivity index (χ0v) is 24.6.